The first kappa shape index (κ1) is 40.2. The van der Waals surface area contributed by atoms with Gasteiger partial charge in [-0.1, -0.05) is 74.3 Å². The van der Waals surface area contributed by atoms with E-state index in [4.69, 9.17) is 30.1 Å². The van der Waals surface area contributed by atoms with Crippen LogP contribution in [0.1, 0.15) is 106 Å². The molecule has 3 nitrogen and oxygen atoms in total. The molecule has 0 saturated carbocycles. The first-order valence-corrected chi connectivity index (χ1v) is 25.0. The Balaban J connectivity index is 0.000000211. The fourth-order valence-electron chi connectivity index (χ4n) is 5.30. The number of aryl methyl sites for hydroxylation is 2. The summed E-state index contributed by atoms with van der Waals surface area (Å²) in [5.74, 6) is 0.922. The quantitative estimate of drug-likeness (QED) is 0.167. The van der Waals surface area contributed by atoms with Gasteiger partial charge in [0.1, 0.15) is 0 Å². The Hall–Kier alpha value is -0.00753. The van der Waals surface area contributed by atoms with Gasteiger partial charge in [0, 0.05) is 73.2 Å². The molecule has 0 bridgehead atoms. The van der Waals surface area contributed by atoms with Crippen LogP contribution in [-0.2, 0) is 19.3 Å². The molecule has 0 aliphatic heterocycles. The minimum absolute atomic E-state index is 0.300. The highest BCUT2D eigenvalue weighted by molar-refractivity contribution is 9.93. The summed E-state index contributed by atoms with van der Waals surface area (Å²) in [5, 5.41) is 0. The Bertz CT molecular complexity index is 1370. The van der Waals surface area contributed by atoms with E-state index in [1.165, 1.54) is 16.7 Å². The van der Waals surface area contributed by atoms with Crippen molar-refractivity contribution in [2.75, 3.05) is 0 Å². The van der Waals surface area contributed by atoms with E-state index >= 15 is 0 Å². The van der Waals surface area contributed by atoms with Crippen LogP contribution in [-0.4, -0.2) is 28.7 Å². The first-order valence-electron chi connectivity index (χ1n) is 14.5. The highest BCUT2D eigenvalue weighted by Crippen LogP contribution is 2.27. The number of fused-ring (bicyclic) bond motifs is 3. The second kappa shape index (κ2) is 22.5. The summed E-state index contributed by atoms with van der Waals surface area (Å²) in [6.45, 7) is 0. The number of Topliss-reactive ketones (excluding diaryl/α,β-unsaturated/α-hetero) is 3. The molecule has 0 fully saturated rings. The predicted octanol–water partition coefficient (Wildman–Crippen LogP) is 12.7. The van der Waals surface area contributed by atoms with E-state index in [0.29, 0.717) is 30.2 Å². The maximum atomic E-state index is 11.6. The van der Waals surface area contributed by atoms with Crippen molar-refractivity contribution in [1.82, 2.24) is 0 Å². The van der Waals surface area contributed by atoms with E-state index in [2.05, 4.69) is 72.2 Å². The van der Waals surface area contributed by atoms with Gasteiger partial charge in [-0.05, 0) is 92.7 Å². The molecule has 3 aromatic rings. The van der Waals surface area contributed by atoms with Crippen molar-refractivity contribution < 1.29 is 14.4 Å². The summed E-state index contributed by atoms with van der Waals surface area (Å²) in [5.41, 5.74) is 6.45. The summed E-state index contributed by atoms with van der Waals surface area (Å²) in [7, 11) is 14.8. The first-order chi connectivity index (χ1) is 21.2. The zero-order valence-electron chi connectivity index (χ0n) is 24.2. The van der Waals surface area contributed by atoms with Gasteiger partial charge >= 0.3 is 11.4 Å². The average Bonchev–Trinajstić information content (AvgIpc) is 3.41. The van der Waals surface area contributed by atoms with Gasteiger partial charge in [-0.25, -0.2) is 30.1 Å². The molecule has 11 heteroatoms. The summed E-state index contributed by atoms with van der Waals surface area (Å²) < 4.78 is 2.08. The largest absolute Gasteiger partial charge is 0.643 e. The summed E-state index contributed by atoms with van der Waals surface area (Å²) in [6, 6.07) is 19.9. The molecular weight excluding hydrogens is 897 g/mol. The summed E-state index contributed by atoms with van der Waals surface area (Å²) in [6.07, 6.45) is 11.8. The van der Waals surface area contributed by atoms with Crippen molar-refractivity contribution >= 4 is 119 Å². The number of hydrogen-bond acceptors (Lipinski definition) is 3. The normalized spacial score (nSPS) is 15.1. The molecular formula is C33H34AlBr4Cl3O3. The SMILES string of the molecule is BrBr.O=C1CCCCc2c(Br)cccc21.O=C1CCCCc2ccc(Br)cc21.O=C1CCCCc2ccccc21.[Cl][Al]([Cl])[Cl]. The van der Waals surface area contributed by atoms with Gasteiger partial charge in [-0.3, -0.25) is 14.4 Å². The molecule has 0 atom stereocenters. The van der Waals surface area contributed by atoms with Gasteiger partial charge < -0.3 is 0 Å². The topological polar surface area (TPSA) is 51.2 Å². The number of rotatable bonds is 0. The zero-order chi connectivity index (χ0) is 32.5. The highest BCUT2D eigenvalue weighted by Gasteiger charge is 2.17. The number of hydrogen-bond donors (Lipinski definition) is 0. The third-order valence-electron chi connectivity index (χ3n) is 7.39. The van der Waals surface area contributed by atoms with Crippen molar-refractivity contribution in [3.63, 3.8) is 0 Å². The van der Waals surface area contributed by atoms with E-state index in [0.717, 1.165) is 89.8 Å². The Morgan fingerprint density at radius 2 is 0.977 bits per heavy atom. The van der Waals surface area contributed by atoms with Crippen LogP contribution >= 0.6 is 90.3 Å². The van der Waals surface area contributed by atoms with Crippen LogP contribution < -0.4 is 0 Å². The zero-order valence-corrected chi connectivity index (χ0v) is 34.0. The molecule has 44 heavy (non-hydrogen) atoms. The van der Waals surface area contributed by atoms with Gasteiger partial charge in [-0.2, -0.15) is 0 Å². The molecule has 0 radical (unpaired) electrons. The number of ketones is 3. The molecule has 0 aromatic heterocycles. The van der Waals surface area contributed by atoms with E-state index in [9.17, 15) is 14.4 Å². The van der Waals surface area contributed by atoms with Crippen molar-refractivity contribution in [3.05, 3.63) is 103 Å². The van der Waals surface area contributed by atoms with Crippen molar-refractivity contribution in [3.8, 4) is 0 Å². The number of benzene rings is 3. The van der Waals surface area contributed by atoms with Crippen molar-refractivity contribution in [2.24, 2.45) is 0 Å². The maximum Gasteiger partial charge on any atom is 0.643 e. The minimum atomic E-state index is -1.72. The second-order valence-corrected chi connectivity index (χ2v) is 18.6. The van der Waals surface area contributed by atoms with Crippen LogP contribution in [0.5, 0.6) is 0 Å². The minimum Gasteiger partial charge on any atom is -0.294 e. The van der Waals surface area contributed by atoms with Crippen LogP contribution in [0.15, 0.2) is 69.6 Å². The molecule has 3 aliphatic rings. The third-order valence-corrected chi connectivity index (χ3v) is 8.63. The molecule has 0 saturated heterocycles. The standard InChI is InChI=1S/2C11H11BrO.C11H12O.Al.Br2.3ClH/c12-10-6-3-5-9-8(10)4-1-2-7-11(9)13;12-9-6-5-8-3-1-2-4-11(13)10(8)7-9;12-11-8-4-2-6-9-5-1-3-7-10(9)11;;1-2;;;/h3,5-6H,1-2,4,7H2;5-7H,1-4H2;1,3,5,7H,2,4,6,8H2;;;3*1H/q;;;+3;;;;/p-3. The molecule has 0 unspecified atom stereocenters. The van der Waals surface area contributed by atoms with E-state index < -0.39 is 11.4 Å². The van der Waals surface area contributed by atoms with Gasteiger partial charge in [0.15, 0.2) is 17.3 Å². The smallest absolute Gasteiger partial charge is 0.294 e. The molecule has 0 heterocycles. The molecule has 0 N–H and O–H groups in total. The molecule has 3 aromatic carbocycles. The van der Waals surface area contributed by atoms with Crippen LogP contribution in [0.4, 0.5) is 0 Å². The van der Waals surface area contributed by atoms with Crippen LogP contribution in [0, 0.1) is 0 Å². The maximum absolute atomic E-state index is 11.6. The number of carbonyl (C=O) groups excluding carboxylic acids is 3. The lowest BCUT2D eigenvalue weighted by molar-refractivity contribution is 0.0974. The summed E-state index contributed by atoms with van der Waals surface area (Å²) >= 11 is 10.7. The van der Waals surface area contributed by atoms with E-state index in [1.807, 2.05) is 48.5 Å². The lowest BCUT2D eigenvalue weighted by Gasteiger charge is -2.05. The van der Waals surface area contributed by atoms with Gasteiger partial charge in [0.25, 0.3) is 0 Å². The molecule has 236 valence electrons. The van der Waals surface area contributed by atoms with Crippen LogP contribution in [0.25, 0.3) is 0 Å². The predicted molar refractivity (Wildman–Crippen MR) is 202 cm³/mol. The van der Waals surface area contributed by atoms with E-state index in [1.54, 1.807) is 0 Å². The summed E-state index contributed by atoms with van der Waals surface area (Å²) in [4.78, 5) is 34.8. The molecule has 6 rings (SSSR count). The lowest BCUT2D eigenvalue weighted by Crippen LogP contribution is -2.00. The molecule has 3 aliphatic carbocycles. The average molecular weight is 932 g/mol. The highest BCUT2D eigenvalue weighted by atomic mass is 80.9. The van der Waals surface area contributed by atoms with Crippen LogP contribution in [0.3, 0.4) is 0 Å². The number of halogens is 7. The Morgan fingerprint density at radius 1 is 0.523 bits per heavy atom. The third kappa shape index (κ3) is 14.0. The monoisotopic (exact) mass is 926 g/mol. The van der Waals surface area contributed by atoms with Crippen molar-refractivity contribution in [2.45, 2.75) is 77.0 Å². The van der Waals surface area contributed by atoms with Gasteiger partial charge in [0.05, 0.1) is 0 Å². The fourth-order valence-corrected chi connectivity index (χ4v) is 6.23. The molecule has 0 spiro atoms. The van der Waals surface area contributed by atoms with Crippen molar-refractivity contribution in [1.29, 1.82) is 0 Å². The number of carbonyl (C=O) groups is 3. The molecule has 0 amide bonds. The van der Waals surface area contributed by atoms with Gasteiger partial charge in [-0.15, -0.1) is 0 Å². The van der Waals surface area contributed by atoms with Crippen LogP contribution in [0.2, 0.25) is 0 Å². The lowest BCUT2D eigenvalue weighted by atomic mass is 10.0. The Labute approximate surface area is 310 Å². The Morgan fingerprint density at radius 3 is 1.59 bits per heavy atom. The second-order valence-electron chi connectivity index (χ2n) is 10.4. The van der Waals surface area contributed by atoms with Gasteiger partial charge in [0.2, 0.25) is 0 Å². The fraction of sp³-hybridized carbons (Fsp3) is 0.364. The van der Waals surface area contributed by atoms with E-state index in [-0.39, 0.29) is 0 Å². The Kier molecular flexibility index (Phi) is 20.6.